The molecule has 0 saturated carbocycles. The van der Waals surface area contributed by atoms with Crippen molar-refractivity contribution >= 4 is 27.4 Å². The topological polar surface area (TPSA) is 139 Å². The number of carbonyl (C=O) groups is 1. The Kier molecular flexibility index (Phi) is 5.00. The summed E-state index contributed by atoms with van der Waals surface area (Å²) in [6.45, 7) is -0.158. The van der Waals surface area contributed by atoms with Crippen LogP contribution < -0.4 is 10.0 Å². The Bertz CT molecular complexity index is 596. The van der Waals surface area contributed by atoms with Gasteiger partial charge in [-0.1, -0.05) is 6.07 Å². The molecule has 0 unspecified atom stereocenters. The molecular formula is C10H13N3O6S. The lowest BCUT2D eigenvalue weighted by Gasteiger charge is -2.10. The van der Waals surface area contributed by atoms with Gasteiger partial charge in [-0.3, -0.25) is 10.1 Å². The number of carboxylic acids is 1. The lowest BCUT2D eigenvalue weighted by Crippen LogP contribution is -2.26. The van der Waals surface area contributed by atoms with Crippen molar-refractivity contribution < 1.29 is 23.2 Å². The first kappa shape index (κ1) is 15.9. The Morgan fingerprint density at radius 2 is 2.10 bits per heavy atom. The molecule has 110 valence electrons. The highest BCUT2D eigenvalue weighted by Crippen LogP contribution is 2.28. The van der Waals surface area contributed by atoms with Crippen LogP contribution in [0.25, 0.3) is 0 Å². The maximum absolute atomic E-state index is 11.2. The van der Waals surface area contributed by atoms with Gasteiger partial charge < -0.3 is 10.4 Å². The Hall–Kier alpha value is -2.20. The van der Waals surface area contributed by atoms with Crippen molar-refractivity contribution in [3.63, 3.8) is 0 Å². The van der Waals surface area contributed by atoms with Crippen LogP contribution in [0.4, 0.5) is 11.4 Å². The number of carboxylic acid groups (broad SMARTS) is 1. The molecule has 0 heterocycles. The maximum atomic E-state index is 11.2. The normalized spacial score (nSPS) is 11.1. The minimum atomic E-state index is -3.49. The summed E-state index contributed by atoms with van der Waals surface area (Å²) >= 11 is 0. The minimum absolute atomic E-state index is 0.158. The third kappa shape index (κ3) is 3.90. The highest BCUT2D eigenvalue weighted by Gasteiger charge is 2.21. The zero-order chi connectivity index (χ0) is 15.3. The Labute approximate surface area is 114 Å². The molecule has 0 bridgehead atoms. The van der Waals surface area contributed by atoms with Crippen LogP contribution in [0.15, 0.2) is 18.2 Å². The van der Waals surface area contributed by atoms with Gasteiger partial charge in [0.25, 0.3) is 5.69 Å². The van der Waals surface area contributed by atoms with Gasteiger partial charge in [-0.2, -0.15) is 0 Å². The van der Waals surface area contributed by atoms with Gasteiger partial charge in [0.1, 0.15) is 5.69 Å². The molecule has 0 amide bonds. The van der Waals surface area contributed by atoms with E-state index in [0.29, 0.717) is 0 Å². The maximum Gasteiger partial charge on any atom is 0.338 e. The molecule has 0 aliphatic heterocycles. The first-order chi connectivity index (χ1) is 9.28. The van der Waals surface area contributed by atoms with Crippen LogP contribution in [0, 0.1) is 10.1 Å². The molecule has 0 radical (unpaired) electrons. The first-order valence-electron chi connectivity index (χ1n) is 5.44. The molecule has 20 heavy (non-hydrogen) atoms. The van der Waals surface area contributed by atoms with E-state index in [1.807, 2.05) is 0 Å². The Balaban J connectivity index is 3.03. The van der Waals surface area contributed by atoms with Gasteiger partial charge in [-0.25, -0.2) is 17.9 Å². The van der Waals surface area contributed by atoms with E-state index in [4.69, 9.17) is 5.11 Å². The van der Waals surface area contributed by atoms with Crippen molar-refractivity contribution in [3.05, 3.63) is 33.9 Å². The third-order valence-corrected chi connectivity index (χ3v) is 3.82. The van der Waals surface area contributed by atoms with Crippen LogP contribution in [0.1, 0.15) is 10.4 Å². The molecule has 1 aromatic carbocycles. The molecule has 0 aliphatic rings. The first-order valence-corrected chi connectivity index (χ1v) is 7.09. The lowest BCUT2D eigenvalue weighted by atomic mass is 10.1. The number of benzene rings is 1. The molecule has 0 fully saturated rings. The smallest absolute Gasteiger partial charge is 0.338 e. The fourth-order valence-corrected chi connectivity index (χ4v) is 2.04. The number of sulfonamides is 1. The summed E-state index contributed by atoms with van der Waals surface area (Å²) in [4.78, 5) is 21.1. The molecule has 0 aromatic heterocycles. The quantitative estimate of drug-likeness (QED) is 0.484. The third-order valence-electron chi connectivity index (χ3n) is 2.45. The van der Waals surface area contributed by atoms with Crippen molar-refractivity contribution in [1.29, 1.82) is 0 Å². The van der Waals surface area contributed by atoms with Crippen molar-refractivity contribution in [2.24, 2.45) is 0 Å². The van der Waals surface area contributed by atoms with E-state index in [2.05, 4.69) is 10.0 Å². The Morgan fingerprint density at radius 3 is 2.60 bits per heavy atom. The SMILES string of the molecule is CNS(=O)(=O)CCNc1c(C(=O)O)cccc1[N+](=O)[O-]. The fraction of sp³-hybridized carbons (Fsp3) is 0.300. The lowest BCUT2D eigenvalue weighted by molar-refractivity contribution is -0.384. The van der Waals surface area contributed by atoms with Gasteiger partial charge in [0.15, 0.2) is 0 Å². The zero-order valence-electron chi connectivity index (χ0n) is 10.5. The summed E-state index contributed by atoms with van der Waals surface area (Å²) in [7, 11) is -2.25. The van der Waals surface area contributed by atoms with Crippen LogP contribution >= 0.6 is 0 Å². The number of nitro groups is 1. The fourth-order valence-electron chi connectivity index (χ4n) is 1.47. The molecule has 0 aliphatic carbocycles. The van der Waals surface area contributed by atoms with E-state index < -0.39 is 26.6 Å². The monoisotopic (exact) mass is 303 g/mol. The number of aromatic carboxylic acids is 1. The van der Waals surface area contributed by atoms with Crippen LogP contribution in [0.5, 0.6) is 0 Å². The number of nitrogens with zero attached hydrogens (tertiary/aromatic N) is 1. The summed E-state index contributed by atoms with van der Waals surface area (Å²) in [5.74, 6) is -1.68. The average molecular weight is 303 g/mol. The highest BCUT2D eigenvalue weighted by atomic mass is 32.2. The second kappa shape index (κ2) is 6.30. The summed E-state index contributed by atoms with van der Waals surface area (Å²) in [5.41, 5.74) is -0.927. The van der Waals surface area contributed by atoms with E-state index in [-0.39, 0.29) is 23.5 Å². The van der Waals surface area contributed by atoms with Gasteiger partial charge in [-0.05, 0) is 13.1 Å². The average Bonchev–Trinajstić information content (AvgIpc) is 2.38. The van der Waals surface area contributed by atoms with Gasteiger partial charge in [0.2, 0.25) is 10.0 Å². The standard InChI is InChI=1S/C10H13N3O6S/c1-11-20(18,19)6-5-12-9-7(10(14)15)3-2-4-8(9)13(16)17/h2-4,11-12H,5-6H2,1H3,(H,14,15). The van der Waals surface area contributed by atoms with Gasteiger partial charge in [0.05, 0.1) is 16.2 Å². The largest absolute Gasteiger partial charge is 0.478 e. The number of nitro benzene ring substituents is 1. The van der Waals surface area contributed by atoms with E-state index in [1.165, 1.54) is 19.2 Å². The number of hydrogen-bond acceptors (Lipinski definition) is 6. The summed E-state index contributed by atoms with van der Waals surface area (Å²) in [6, 6.07) is 3.59. The summed E-state index contributed by atoms with van der Waals surface area (Å²) in [6.07, 6.45) is 0. The molecule has 10 heteroatoms. The molecule has 3 N–H and O–H groups in total. The summed E-state index contributed by atoms with van der Waals surface area (Å²) < 4.78 is 24.5. The highest BCUT2D eigenvalue weighted by molar-refractivity contribution is 7.89. The number of hydrogen-bond donors (Lipinski definition) is 3. The van der Waals surface area contributed by atoms with Gasteiger partial charge in [0, 0.05) is 12.6 Å². The van der Waals surface area contributed by atoms with E-state index in [1.54, 1.807) is 0 Å². The van der Waals surface area contributed by atoms with Crippen LogP contribution in [0.3, 0.4) is 0 Å². The van der Waals surface area contributed by atoms with Crippen LogP contribution in [-0.2, 0) is 10.0 Å². The van der Waals surface area contributed by atoms with Crippen molar-refractivity contribution in [2.75, 3.05) is 24.7 Å². The van der Waals surface area contributed by atoms with Crippen molar-refractivity contribution in [3.8, 4) is 0 Å². The predicted molar refractivity (Wildman–Crippen MR) is 71.4 cm³/mol. The van der Waals surface area contributed by atoms with E-state index >= 15 is 0 Å². The van der Waals surface area contributed by atoms with E-state index in [9.17, 15) is 23.3 Å². The zero-order valence-corrected chi connectivity index (χ0v) is 11.3. The summed E-state index contributed by atoms with van der Waals surface area (Å²) in [5, 5.41) is 22.3. The number of rotatable bonds is 7. The van der Waals surface area contributed by atoms with Gasteiger partial charge in [-0.15, -0.1) is 0 Å². The molecule has 1 aromatic rings. The van der Waals surface area contributed by atoms with Crippen LogP contribution in [0.2, 0.25) is 0 Å². The van der Waals surface area contributed by atoms with Crippen molar-refractivity contribution in [1.82, 2.24) is 4.72 Å². The molecule has 0 atom stereocenters. The molecule has 0 saturated heterocycles. The molecule has 9 nitrogen and oxygen atoms in total. The van der Waals surface area contributed by atoms with Crippen molar-refractivity contribution in [2.45, 2.75) is 0 Å². The molecular weight excluding hydrogens is 290 g/mol. The minimum Gasteiger partial charge on any atom is -0.478 e. The Morgan fingerprint density at radius 1 is 1.45 bits per heavy atom. The van der Waals surface area contributed by atoms with E-state index in [0.717, 1.165) is 6.07 Å². The van der Waals surface area contributed by atoms with Gasteiger partial charge >= 0.3 is 5.97 Å². The van der Waals surface area contributed by atoms with Crippen LogP contribution in [-0.4, -0.2) is 43.8 Å². The molecule has 0 spiro atoms. The number of nitrogens with one attached hydrogen (secondary N) is 2. The second-order valence-corrected chi connectivity index (χ2v) is 5.76. The number of para-hydroxylation sites is 1. The number of anilines is 1. The second-order valence-electron chi connectivity index (χ2n) is 3.71. The predicted octanol–water partition coefficient (Wildman–Crippen LogP) is 0.254. The molecule has 1 rings (SSSR count).